The van der Waals surface area contributed by atoms with Crippen molar-refractivity contribution in [2.45, 2.75) is 20.8 Å². The molecule has 0 aromatic carbocycles. The van der Waals surface area contributed by atoms with Crippen molar-refractivity contribution < 1.29 is 10.0 Å². The van der Waals surface area contributed by atoms with Gasteiger partial charge in [-0.1, -0.05) is 13.8 Å². The van der Waals surface area contributed by atoms with Crippen molar-refractivity contribution in [2.75, 3.05) is 5.32 Å². The largest absolute Gasteiger partial charge is 0.353 e. The van der Waals surface area contributed by atoms with Crippen molar-refractivity contribution in [2.24, 2.45) is 7.05 Å². The van der Waals surface area contributed by atoms with Gasteiger partial charge in [0.25, 0.3) is 0 Å². The third kappa shape index (κ3) is 3.49. The van der Waals surface area contributed by atoms with Crippen LogP contribution in [0.15, 0.2) is 12.3 Å². The molecule has 14 heavy (non-hydrogen) atoms. The van der Waals surface area contributed by atoms with E-state index in [2.05, 4.69) is 5.32 Å². The van der Waals surface area contributed by atoms with Crippen molar-refractivity contribution >= 4 is 11.7 Å². The minimum absolute atomic E-state index is 0.638. The second-order valence-corrected chi connectivity index (χ2v) is 2.55. The smallest absolute Gasteiger partial charge is 0.342 e. The Kier molecular flexibility index (Phi) is 5.40. The molecule has 0 aliphatic rings. The molecule has 0 saturated heterocycles. The van der Waals surface area contributed by atoms with Gasteiger partial charge in [-0.2, -0.15) is 0 Å². The van der Waals surface area contributed by atoms with Gasteiger partial charge in [0.2, 0.25) is 0 Å². The van der Waals surface area contributed by atoms with Gasteiger partial charge in [-0.25, -0.2) is 10.3 Å². The van der Waals surface area contributed by atoms with Crippen LogP contribution in [0.4, 0.5) is 10.5 Å². The first-order chi connectivity index (χ1) is 6.63. The highest BCUT2D eigenvalue weighted by molar-refractivity contribution is 5.88. The molecule has 5 heteroatoms. The van der Waals surface area contributed by atoms with Crippen LogP contribution >= 0.6 is 0 Å². The van der Waals surface area contributed by atoms with Gasteiger partial charge in [-0.15, -0.1) is 0 Å². The highest BCUT2D eigenvalue weighted by atomic mass is 16.5. The van der Waals surface area contributed by atoms with E-state index in [4.69, 9.17) is 5.21 Å². The summed E-state index contributed by atoms with van der Waals surface area (Å²) in [5.74, 6) is 0. The molecule has 1 aromatic heterocycles. The Morgan fingerprint density at radius 2 is 2.07 bits per heavy atom. The number of carbonyl (C=O) groups excluding carboxylic acids is 1. The van der Waals surface area contributed by atoms with Crippen LogP contribution in [0.1, 0.15) is 19.5 Å². The van der Waals surface area contributed by atoms with Crippen molar-refractivity contribution in [3.05, 3.63) is 18.0 Å². The minimum Gasteiger partial charge on any atom is -0.353 e. The molecule has 1 aromatic rings. The highest BCUT2D eigenvalue weighted by Gasteiger charge is 2.01. The van der Waals surface area contributed by atoms with E-state index in [1.54, 1.807) is 12.3 Å². The van der Waals surface area contributed by atoms with Gasteiger partial charge in [0, 0.05) is 18.9 Å². The lowest BCUT2D eigenvalue weighted by Crippen LogP contribution is -2.24. The molecule has 5 nitrogen and oxygen atoms in total. The number of anilines is 1. The maximum absolute atomic E-state index is 10.6. The molecular weight excluding hydrogens is 182 g/mol. The van der Waals surface area contributed by atoms with E-state index in [0.717, 1.165) is 5.69 Å². The van der Waals surface area contributed by atoms with Crippen LogP contribution in [0.5, 0.6) is 0 Å². The lowest BCUT2D eigenvalue weighted by Gasteiger charge is -1.98. The average Bonchev–Trinajstić information content (AvgIpc) is 2.49. The van der Waals surface area contributed by atoms with Crippen LogP contribution < -0.4 is 10.8 Å². The number of urea groups is 1. The van der Waals surface area contributed by atoms with Crippen molar-refractivity contribution in [1.82, 2.24) is 10.0 Å². The fourth-order valence-corrected chi connectivity index (χ4v) is 0.902. The zero-order chi connectivity index (χ0) is 11.1. The number of hydroxylamine groups is 1. The molecule has 0 fully saturated rings. The lowest BCUT2D eigenvalue weighted by atomic mass is 10.4. The van der Waals surface area contributed by atoms with E-state index in [-0.39, 0.29) is 0 Å². The Hall–Kier alpha value is -1.49. The van der Waals surface area contributed by atoms with Crippen molar-refractivity contribution in [3.63, 3.8) is 0 Å². The zero-order valence-electron chi connectivity index (χ0n) is 8.96. The first kappa shape index (κ1) is 12.5. The SMILES string of the molecule is CC.Cc1cc(NC(=O)NO)cn1C. The van der Waals surface area contributed by atoms with Gasteiger partial charge >= 0.3 is 6.03 Å². The second kappa shape index (κ2) is 6.04. The summed E-state index contributed by atoms with van der Waals surface area (Å²) in [5, 5.41) is 10.6. The predicted octanol–water partition coefficient (Wildman–Crippen LogP) is 1.87. The number of carbonyl (C=O) groups is 1. The van der Waals surface area contributed by atoms with Gasteiger partial charge in [-0.05, 0) is 13.0 Å². The minimum atomic E-state index is -0.638. The molecule has 0 saturated carbocycles. The summed E-state index contributed by atoms with van der Waals surface area (Å²) in [7, 11) is 1.87. The van der Waals surface area contributed by atoms with Crippen LogP contribution in [-0.2, 0) is 7.05 Å². The summed E-state index contributed by atoms with van der Waals surface area (Å²) < 4.78 is 1.87. The quantitative estimate of drug-likeness (QED) is 0.477. The molecule has 0 atom stereocenters. The van der Waals surface area contributed by atoms with Gasteiger partial charge in [0.05, 0.1) is 5.69 Å². The Bertz CT molecular complexity index is 275. The number of nitrogens with zero attached hydrogens (tertiary/aromatic N) is 1. The molecule has 0 spiro atoms. The standard InChI is InChI=1S/C7H11N3O2.C2H6/c1-5-3-6(4-10(5)2)8-7(11)9-12;1-2/h3-4,12H,1-2H3,(H2,8,9,11);1-2H3. The van der Waals surface area contributed by atoms with E-state index < -0.39 is 6.03 Å². The van der Waals surface area contributed by atoms with E-state index in [0.29, 0.717) is 5.69 Å². The van der Waals surface area contributed by atoms with Crippen molar-refractivity contribution in [1.29, 1.82) is 0 Å². The Morgan fingerprint density at radius 1 is 1.50 bits per heavy atom. The predicted molar refractivity (Wildman–Crippen MR) is 55.4 cm³/mol. The monoisotopic (exact) mass is 199 g/mol. The molecule has 80 valence electrons. The fraction of sp³-hybridized carbons (Fsp3) is 0.444. The van der Waals surface area contributed by atoms with Gasteiger partial charge < -0.3 is 9.88 Å². The molecule has 2 amide bonds. The van der Waals surface area contributed by atoms with Crippen LogP contribution in [0.2, 0.25) is 0 Å². The number of rotatable bonds is 1. The van der Waals surface area contributed by atoms with Gasteiger partial charge in [0.1, 0.15) is 0 Å². The molecule has 0 aliphatic heterocycles. The molecule has 3 N–H and O–H groups in total. The highest BCUT2D eigenvalue weighted by Crippen LogP contribution is 2.10. The van der Waals surface area contributed by atoms with Crippen LogP contribution in [0, 0.1) is 6.92 Å². The molecule has 0 aliphatic carbocycles. The fourth-order valence-electron chi connectivity index (χ4n) is 0.902. The summed E-state index contributed by atoms with van der Waals surface area (Å²) in [4.78, 5) is 10.6. The summed E-state index contributed by atoms with van der Waals surface area (Å²) in [6.07, 6.45) is 1.75. The number of hydrogen-bond acceptors (Lipinski definition) is 2. The maximum Gasteiger partial charge on any atom is 0.342 e. The normalized spacial score (nSPS) is 8.64. The van der Waals surface area contributed by atoms with E-state index in [1.165, 1.54) is 5.48 Å². The number of nitrogens with one attached hydrogen (secondary N) is 2. The third-order valence-electron chi connectivity index (χ3n) is 1.61. The first-order valence-corrected chi connectivity index (χ1v) is 4.47. The molecular formula is C9H17N3O2. The summed E-state index contributed by atoms with van der Waals surface area (Å²) >= 11 is 0. The van der Waals surface area contributed by atoms with Crippen LogP contribution in [0.25, 0.3) is 0 Å². The third-order valence-corrected chi connectivity index (χ3v) is 1.61. The Morgan fingerprint density at radius 3 is 2.43 bits per heavy atom. The molecule has 1 heterocycles. The van der Waals surface area contributed by atoms with E-state index in [1.807, 2.05) is 32.4 Å². The number of amides is 2. The topological polar surface area (TPSA) is 66.3 Å². The Balaban J connectivity index is 0.000000791. The molecule has 0 radical (unpaired) electrons. The van der Waals surface area contributed by atoms with Crippen LogP contribution in [-0.4, -0.2) is 15.8 Å². The van der Waals surface area contributed by atoms with E-state index in [9.17, 15) is 4.79 Å². The number of aromatic nitrogens is 1. The zero-order valence-corrected chi connectivity index (χ0v) is 8.96. The first-order valence-electron chi connectivity index (χ1n) is 4.47. The summed E-state index contributed by atoms with van der Waals surface area (Å²) in [6.45, 7) is 5.92. The van der Waals surface area contributed by atoms with Gasteiger partial charge in [0.15, 0.2) is 0 Å². The molecule has 0 unspecified atom stereocenters. The lowest BCUT2D eigenvalue weighted by molar-refractivity contribution is 0.172. The second-order valence-electron chi connectivity index (χ2n) is 2.55. The maximum atomic E-state index is 10.6. The number of aryl methyl sites for hydroxylation is 2. The van der Waals surface area contributed by atoms with Gasteiger partial charge in [-0.3, -0.25) is 5.21 Å². The van der Waals surface area contributed by atoms with Crippen molar-refractivity contribution in [3.8, 4) is 0 Å². The summed E-state index contributed by atoms with van der Waals surface area (Å²) in [6, 6.07) is 1.16. The Labute approximate surface area is 83.7 Å². The van der Waals surface area contributed by atoms with Crippen LogP contribution in [0.3, 0.4) is 0 Å². The molecule has 0 bridgehead atoms. The molecule has 1 rings (SSSR count). The summed E-state index contributed by atoms with van der Waals surface area (Å²) in [5.41, 5.74) is 3.17. The number of hydrogen-bond donors (Lipinski definition) is 3. The van der Waals surface area contributed by atoms with E-state index >= 15 is 0 Å². The average molecular weight is 199 g/mol.